The molecule has 0 bridgehead atoms. The number of hydrogen-bond acceptors (Lipinski definition) is 2. The summed E-state index contributed by atoms with van der Waals surface area (Å²) in [6, 6.07) is 5.68. The summed E-state index contributed by atoms with van der Waals surface area (Å²) in [4.78, 5) is 25.4. The molecule has 1 aliphatic heterocycles. The first-order chi connectivity index (χ1) is 9.45. The maximum absolute atomic E-state index is 12.1. The van der Waals surface area contributed by atoms with Crippen molar-refractivity contribution in [2.24, 2.45) is 5.92 Å². The Labute approximate surface area is 119 Å². The highest BCUT2D eigenvalue weighted by atomic mass is 16.4. The molecular weight excluding hydrogens is 254 g/mol. The van der Waals surface area contributed by atoms with Gasteiger partial charge in [0.25, 0.3) is 0 Å². The van der Waals surface area contributed by atoms with Crippen molar-refractivity contribution in [3.8, 4) is 0 Å². The predicted molar refractivity (Wildman–Crippen MR) is 76.4 cm³/mol. The van der Waals surface area contributed by atoms with E-state index in [2.05, 4.69) is 0 Å². The first-order valence-electron chi connectivity index (χ1n) is 7.05. The Morgan fingerprint density at radius 2 is 2.10 bits per heavy atom. The number of aryl methyl sites for hydroxylation is 2. The van der Waals surface area contributed by atoms with Crippen LogP contribution in [0, 0.1) is 19.8 Å². The quantitative estimate of drug-likeness (QED) is 0.919. The molecule has 2 unspecified atom stereocenters. The third-order valence-corrected chi connectivity index (χ3v) is 3.97. The first kappa shape index (κ1) is 14.6. The van der Waals surface area contributed by atoms with Crippen LogP contribution < -0.4 is 0 Å². The van der Waals surface area contributed by atoms with Gasteiger partial charge in [-0.15, -0.1) is 0 Å². The highest BCUT2D eigenvalue weighted by Crippen LogP contribution is 2.39. The van der Waals surface area contributed by atoms with Gasteiger partial charge in [-0.2, -0.15) is 0 Å². The van der Waals surface area contributed by atoms with Crippen LogP contribution in [0.4, 0.5) is 0 Å². The second-order valence-corrected chi connectivity index (χ2v) is 5.54. The third kappa shape index (κ3) is 2.55. The molecule has 1 saturated heterocycles. The number of amides is 1. The summed E-state index contributed by atoms with van der Waals surface area (Å²) in [5.41, 5.74) is 3.10. The molecule has 1 aromatic rings. The van der Waals surface area contributed by atoms with Gasteiger partial charge in [-0.25, -0.2) is 0 Å². The summed E-state index contributed by atoms with van der Waals surface area (Å²) in [7, 11) is 0. The lowest BCUT2D eigenvalue weighted by Crippen LogP contribution is -2.31. The summed E-state index contributed by atoms with van der Waals surface area (Å²) in [6.45, 7) is 6.57. The lowest BCUT2D eigenvalue weighted by Gasteiger charge is -2.28. The van der Waals surface area contributed by atoms with E-state index in [0.29, 0.717) is 6.54 Å². The molecule has 0 aliphatic carbocycles. The molecule has 0 aromatic heterocycles. The van der Waals surface area contributed by atoms with E-state index in [4.69, 9.17) is 0 Å². The summed E-state index contributed by atoms with van der Waals surface area (Å²) >= 11 is 0. The number of hydrogen-bond donors (Lipinski definition) is 1. The molecule has 0 spiro atoms. The largest absolute Gasteiger partial charge is 0.481 e. The molecule has 1 aromatic carbocycles. The van der Waals surface area contributed by atoms with Crippen LogP contribution in [0.1, 0.15) is 42.5 Å². The zero-order valence-electron chi connectivity index (χ0n) is 12.2. The third-order valence-electron chi connectivity index (χ3n) is 3.97. The number of carbonyl (C=O) groups excluding carboxylic acids is 1. The van der Waals surface area contributed by atoms with Gasteiger partial charge in [0, 0.05) is 13.0 Å². The molecule has 20 heavy (non-hydrogen) atoms. The maximum Gasteiger partial charge on any atom is 0.309 e. The molecule has 108 valence electrons. The van der Waals surface area contributed by atoms with E-state index < -0.39 is 11.9 Å². The summed E-state index contributed by atoms with van der Waals surface area (Å²) in [5, 5.41) is 9.43. The topological polar surface area (TPSA) is 57.6 Å². The zero-order chi connectivity index (χ0) is 14.9. The van der Waals surface area contributed by atoms with Crippen molar-refractivity contribution in [3.63, 3.8) is 0 Å². The van der Waals surface area contributed by atoms with Gasteiger partial charge in [-0.3, -0.25) is 9.59 Å². The normalized spacial score (nSPS) is 22.4. The smallest absolute Gasteiger partial charge is 0.309 e. The number of carboxylic acids is 1. The summed E-state index contributed by atoms with van der Waals surface area (Å²) in [6.07, 6.45) is 0.937. The highest BCUT2D eigenvalue weighted by Gasteiger charge is 2.44. The molecule has 0 saturated carbocycles. The lowest BCUT2D eigenvalue weighted by molar-refractivity contribution is -0.142. The fourth-order valence-electron chi connectivity index (χ4n) is 2.98. The minimum Gasteiger partial charge on any atom is -0.481 e. The number of carboxylic acid groups (broad SMARTS) is 1. The minimum atomic E-state index is -0.886. The van der Waals surface area contributed by atoms with E-state index in [1.54, 1.807) is 4.90 Å². The van der Waals surface area contributed by atoms with Crippen LogP contribution in [0.5, 0.6) is 0 Å². The standard InChI is InChI=1S/C16H21NO3/c1-4-7-17-14(18)9-13(16(19)20)15(17)12-8-10(2)5-6-11(12)3/h5-6,8,13,15H,4,7,9H2,1-3H3,(H,19,20). The van der Waals surface area contributed by atoms with E-state index in [0.717, 1.165) is 23.1 Å². The second kappa shape index (κ2) is 5.65. The minimum absolute atomic E-state index is 0.0508. The Morgan fingerprint density at radius 3 is 2.70 bits per heavy atom. The molecule has 4 nitrogen and oxygen atoms in total. The van der Waals surface area contributed by atoms with Gasteiger partial charge in [-0.05, 0) is 31.4 Å². The number of aliphatic carboxylic acids is 1. The van der Waals surface area contributed by atoms with Crippen LogP contribution in [-0.4, -0.2) is 28.4 Å². The van der Waals surface area contributed by atoms with E-state index >= 15 is 0 Å². The number of likely N-dealkylation sites (tertiary alicyclic amines) is 1. The SMILES string of the molecule is CCCN1C(=O)CC(C(=O)O)C1c1cc(C)ccc1C. The Morgan fingerprint density at radius 1 is 1.40 bits per heavy atom. The van der Waals surface area contributed by atoms with Crippen molar-refractivity contribution < 1.29 is 14.7 Å². The van der Waals surface area contributed by atoms with Crippen molar-refractivity contribution >= 4 is 11.9 Å². The number of rotatable bonds is 4. The van der Waals surface area contributed by atoms with Crippen molar-refractivity contribution in [1.29, 1.82) is 0 Å². The summed E-state index contributed by atoms with van der Waals surface area (Å²) in [5.74, 6) is -1.58. The van der Waals surface area contributed by atoms with Crippen LogP contribution in [0.2, 0.25) is 0 Å². The number of carbonyl (C=O) groups is 2. The van der Waals surface area contributed by atoms with E-state index in [9.17, 15) is 14.7 Å². The van der Waals surface area contributed by atoms with Crippen molar-refractivity contribution in [2.75, 3.05) is 6.54 Å². The van der Waals surface area contributed by atoms with Crippen molar-refractivity contribution in [3.05, 3.63) is 34.9 Å². The monoisotopic (exact) mass is 275 g/mol. The van der Waals surface area contributed by atoms with Gasteiger partial charge in [0.15, 0.2) is 0 Å². The van der Waals surface area contributed by atoms with E-state index in [1.165, 1.54) is 0 Å². The Bertz CT molecular complexity index is 539. The van der Waals surface area contributed by atoms with Gasteiger partial charge >= 0.3 is 5.97 Å². The lowest BCUT2D eigenvalue weighted by atomic mass is 9.90. The number of benzene rings is 1. The Hall–Kier alpha value is -1.84. The molecule has 4 heteroatoms. The van der Waals surface area contributed by atoms with Crippen molar-refractivity contribution in [2.45, 2.75) is 39.7 Å². The fourth-order valence-corrected chi connectivity index (χ4v) is 2.98. The summed E-state index contributed by atoms with van der Waals surface area (Å²) < 4.78 is 0. The Kier molecular flexibility index (Phi) is 4.12. The average molecular weight is 275 g/mol. The van der Waals surface area contributed by atoms with Crippen LogP contribution in [0.25, 0.3) is 0 Å². The molecular formula is C16H21NO3. The predicted octanol–water partition coefficient (Wildman–Crippen LogP) is 2.69. The molecule has 2 atom stereocenters. The zero-order valence-corrected chi connectivity index (χ0v) is 12.2. The van der Waals surface area contributed by atoms with Gasteiger partial charge in [0.1, 0.15) is 0 Å². The molecule has 1 amide bonds. The number of nitrogens with zero attached hydrogens (tertiary/aromatic N) is 1. The Balaban J connectivity index is 2.48. The van der Waals surface area contributed by atoms with Gasteiger partial charge in [-0.1, -0.05) is 30.7 Å². The molecule has 1 heterocycles. The van der Waals surface area contributed by atoms with Crippen LogP contribution in [0.15, 0.2) is 18.2 Å². The van der Waals surface area contributed by atoms with Gasteiger partial charge < -0.3 is 10.0 Å². The van der Waals surface area contributed by atoms with Crippen LogP contribution in [0.3, 0.4) is 0 Å². The van der Waals surface area contributed by atoms with Crippen molar-refractivity contribution in [1.82, 2.24) is 4.90 Å². The van der Waals surface area contributed by atoms with Gasteiger partial charge in [0.05, 0.1) is 12.0 Å². The highest BCUT2D eigenvalue weighted by molar-refractivity contribution is 5.87. The average Bonchev–Trinajstić information content (AvgIpc) is 2.71. The van der Waals surface area contributed by atoms with E-state index in [1.807, 2.05) is 39.0 Å². The van der Waals surface area contributed by atoms with E-state index in [-0.39, 0.29) is 18.4 Å². The molecule has 2 rings (SSSR count). The molecule has 1 aliphatic rings. The second-order valence-electron chi connectivity index (χ2n) is 5.54. The molecule has 0 radical (unpaired) electrons. The maximum atomic E-state index is 12.1. The van der Waals surface area contributed by atoms with Gasteiger partial charge in [0.2, 0.25) is 5.91 Å². The first-order valence-corrected chi connectivity index (χ1v) is 7.05. The van der Waals surface area contributed by atoms with Crippen LogP contribution >= 0.6 is 0 Å². The van der Waals surface area contributed by atoms with Crippen LogP contribution in [-0.2, 0) is 9.59 Å². The molecule has 1 N–H and O–H groups in total. The fraction of sp³-hybridized carbons (Fsp3) is 0.500. The molecule has 1 fully saturated rings.